The fourth-order valence-corrected chi connectivity index (χ4v) is 2.18. The molecular formula is C14H19NO2. The van der Waals surface area contributed by atoms with Crippen LogP contribution in [0.5, 0.6) is 0 Å². The number of para-hydroxylation sites is 1. The van der Waals surface area contributed by atoms with Gasteiger partial charge < -0.3 is 15.3 Å². The van der Waals surface area contributed by atoms with E-state index in [1.165, 1.54) is 0 Å². The lowest BCUT2D eigenvalue weighted by atomic mass is 9.95. The van der Waals surface area contributed by atoms with E-state index in [-0.39, 0.29) is 6.54 Å². The van der Waals surface area contributed by atoms with Crippen LogP contribution in [-0.4, -0.2) is 11.7 Å². The van der Waals surface area contributed by atoms with Crippen molar-refractivity contribution in [1.29, 1.82) is 0 Å². The van der Waals surface area contributed by atoms with Gasteiger partial charge in [-0.3, -0.25) is 0 Å². The Labute approximate surface area is 101 Å². The van der Waals surface area contributed by atoms with Gasteiger partial charge in [0.05, 0.1) is 0 Å². The molecule has 3 nitrogen and oxygen atoms in total. The summed E-state index contributed by atoms with van der Waals surface area (Å²) in [6, 6.07) is 7.86. The largest absolute Gasteiger partial charge is 0.458 e. The Morgan fingerprint density at radius 1 is 1.41 bits per heavy atom. The van der Waals surface area contributed by atoms with E-state index in [2.05, 4.69) is 0 Å². The van der Waals surface area contributed by atoms with Gasteiger partial charge in [0.2, 0.25) is 0 Å². The molecule has 0 saturated heterocycles. The predicted octanol–water partition coefficient (Wildman–Crippen LogP) is 2.69. The van der Waals surface area contributed by atoms with E-state index >= 15 is 0 Å². The van der Waals surface area contributed by atoms with E-state index in [0.29, 0.717) is 12.2 Å². The highest BCUT2D eigenvalue weighted by molar-refractivity contribution is 5.81. The average Bonchev–Trinajstić information content (AvgIpc) is 2.75. The molecule has 0 aliphatic carbocycles. The van der Waals surface area contributed by atoms with Crippen LogP contribution in [0.1, 0.15) is 31.1 Å². The third kappa shape index (κ3) is 2.08. The van der Waals surface area contributed by atoms with Gasteiger partial charge in [-0.05, 0) is 25.0 Å². The van der Waals surface area contributed by atoms with E-state index in [0.717, 1.165) is 23.0 Å². The Morgan fingerprint density at radius 2 is 2.18 bits per heavy atom. The number of hydrogen-bond acceptors (Lipinski definition) is 3. The van der Waals surface area contributed by atoms with Gasteiger partial charge >= 0.3 is 0 Å². The molecule has 1 aromatic carbocycles. The molecule has 1 unspecified atom stereocenters. The average molecular weight is 233 g/mol. The molecule has 2 rings (SSSR count). The van der Waals surface area contributed by atoms with Gasteiger partial charge in [-0.25, -0.2) is 0 Å². The summed E-state index contributed by atoms with van der Waals surface area (Å²) < 4.78 is 5.78. The maximum Gasteiger partial charge on any atom is 0.138 e. The smallest absolute Gasteiger partial charge is 0.138 e. The van der Waals surface area contributed by atoms with Gasteiger partial charge in [-0.1, -0.05) is 31.5 Å². The summed E-state index contributed by atoms with van der Waals surface area (Å²) in [6.07, 6.45) is 1.48. The molecule has 1 heterocycles. The zero-order chi connectivity index (χ0) is 12.5. The normalized spacial score (nSPS) is 15.1. The second-order valence-corrected chi connectivity index (χ2v) is 4.59. The molecule has 1 atom stereocenters. The Kier molecular flexibility index (Phi) is 3.22. The Hall–Kier alpha value is -1.32. The number of furan rings is 1. The van der Waals surface area contributed by atoms with Crippen LogP contribution >= 0.6 is 0 Å². The summed E-state index contributed by atoms with van der Waals surface area (Å²) in [5, 5.41) is 11.5. The molecule has 1 aromatic heterocycles. The molecule has 0 amide bonds. The molecule has 0 radical (unpaired) electrons. The first-order chi connectivity index (χ1) is 8.10. The predicted molar refractivity (Wildman–Crippen MR) is 68.8 cm³/mol. The summed E-state index contributed by atoms with van der Waals surface area (Å²) in [4.78, 5) is 0. The SMILES string of the molecule is CCCC(O)(CN)c1cc2cccc(C)c2o1. The van der Waals surface area contributed by atoms with Gasteiger partial charge in [0.15, 0.2) is 0 Å². The van der Waals surface area contributed by atoms with Crippen LogP contribution in [0, 0.1) is 6.92 Å². The molecule has 0 saturated carbocycles. The molecular weight excluding hydrogens is 214 g/mol. The Morgan fingerprint density at radius 3 is 2.76 bits per heavy atom. The lowest BCUT2D eigenvalue weighted by molar-refractivity contribution is 0.0157. The van der Waals surface area contributed by atoms with Crippen molar-refractivity contribution in [3.8, 4) is 0 Å². The Balaban J connectivity index is 2.52. The zero-order valence-electron chi connectivity index (χ0n) is 10.4. The minimum atomic E-state index is -1.04. The van der Waals surface area contributed by atoms with Gasteiger partial charge in [0, 0.05) is 11.9 Å². The van der Waals surface area contributed by atoms with Crippen LogP contribution in [0.3, 0.4) is 0 Å². The first kappa shape index (κ1) is 12.1. The summed E-state index contributed by atoms with van der Waals surface area (Å²) in [5.74, 6) is 0.575. The molecule has 3 N–H and O–H groups in total. The first-order valence-corrected chi connectivity index (χ1v) is 6.03. The summed E-state index contributed by atoms with van der Waals surface area (Å²) in [5.41, 5.74) is 6.55. The second-order valence-electron chi connectivity index (χ2n) is 4.59. The highest BCUT2D eigenvalue weighted by atomic mass is 16.4. The fourth-order valence-electron chi connectivity index (χ4n) is 2.18. The molecule has 0 aliphatic heterocycles. The Bertz CT molecular complexity index is 518. The van der Waals surface area contributed by atoms with Crippen molar-refractivity contribution < 1.29 is 9.52 Å². The first-order valence-electron chi connectivity index (χ1n) is 6.03. The maximum atomic E-state index is 10.5. The van der Waals surface area contributed by atoms with Crippen molar-refractivity contribution in [3.63, 3.8) is 0 Å². The van der Waals surface area contributed by atoms with Crippen LogP contribution in [0.4, 0.5) is 0 Å². The summed E-state index contributed by atoms with van der Waals surface area (Å²) in [6.45, 7) is 4.20. The van der Waals surface area contributed by atoms with Crippen molar-refractivity contribution in [2.45, 2.75) is 32.3 Å². The number of hydrogen-bond donors (Lipinski definition) is 2. The van der Waals surface area contributed by atoms with Crippen molar-refractivity contribution in [3.05, 3.63) is 35.6 Å². The van der Waals surface area contributed by atoms with E-state index in [9.17, 15) is 5.11 Å². The van der Waals surface area contributed by atoms with E-state index in [4.69, 9.17) is 10.2 Å². The minimum Gasteiger partial charge on any atom is -0.458 e. The quantitative estimate of drug-likeness (QED) is 0.853. The number of rotatable bonds is 4. The van der Waals surface area contributed by atoms with Crippen LogP contribution in [0.2, 0.25) is 0 Å². The van der Waals surface area contributed by atoms with Crippen LogP contribution in [0.15, 0.2) is 28.7 Å². The summed E-state index contributed by atoms with van der Waals surface area (Å²) >= 11 is 0. The molecule has 0 fully saturated rings. The molecule has 0 spiro atoms. The van der Waals surface area contributed by atoms with Crippen LogP contribution < -0.4 is 5.73 Å². The van der Waals surface area contributed by atoms with Gasteiger partial charge in [0.1, 0.15) is 16.9 Å². The van der Waals surface area contributed by atoms with E-state index in [1.54, 1.807) is 0 Å². The highest BCUT2D eigenvalue weighted by Crippen LogP contribution is 2.32. The minimum absolute atomic E-state index is 0.180. The highest BCUT2D eigenvalue weighted by Gasteiger charge is 2.30. The third-order valence-electron chi connectivity index (χ3n) is 3.20. The molecule has 0 bridgehead atoms. The molecule has 3 heteroatoms. The summed E-state index contributed by atoms with van der Waals surface area (Å²) in [7, 11) is 0. The van der Waals surface area contributed by atoms with Crippen molar-refractivity contribution in [1.82, 2.24) is 0 Å². The zero-order valence-corrected chi connectivity index (χ0v) is 10.4. The lowest BCUT2D eigenvalue weighted by Crippen LogP contribution is -2.34. The van der Waals surface area contributed by atoms with Crippen LogP contribution in [-0.2, 0) is 5.60 Å². The topological polar surface area (TPSA) is 59.4 Å². The van der Waals surface area contributed by atoms with E-state index in [1.807, 2.05) is 38.1 Å². The van der Waals surface area contributed by atoms with Crippen LogP contribution in [0.25, 0.3) is 11.0 Å². The maximum absolute atomic E-state index is 10.5. The fraction of sp³-hybridized carbons (Fsp3) is 0.429. The molecule has 17 heavy (non-hydrogen) atoms. The van der Waals surface area contributed by atoms with Crippen molar-refractivity contribution in [2.75, 3.05) is 6.54 Å². The standard InChI is InChI=1S/C14H19NO2/c1-3-7-14(16,9-15)12-8-11-6-4-5-10(2)13(11)17-12/h4-6,8,16H,3,7,9,15H2,1-2H3. The monoisotopic (exact) mass is 233 g/mol. The third-order valence-corrected chi connectivity index (χ3v) is 3.20. The van der Waals surface area contributed by atoms with Gasteiger partial charge in [0.25, 0.3) is 0 Å². The number of aliphatic hydroxyl groups is 1. The molecule has 92 valence electrons. The van der Waals surface area contributed by atoms with E-state index < -0.39 is 5.60 Å². The van der Waals surface area contributed by atoms with Crippen molar-refractivity contribution >= 4 is 11.0 Å². The number of benzene rings is 1. The number of nitrogens with two attached hydrogens (primary N) is 1. The van der Waals surface area contributed by atoms with Gasteiger partial charge in [-0.2, -0.15) is 0 Å². The van der Waals surface area contributed by atoms with Crippen molar-refractivity contribution in [2.24, 2.45) is 5.73 Å². The number of aryl methyl sites for hydroxylation is 1. The van der Waals surface area contributed by atoms with Gasteiger partial charge in [-0.15, -0.1) is 0 Å². The lowest BCUT2D eigenvalue weighted by Gasteiger charge is -2.23. The molecule has 0 aliphatic rings. The second kappa shape index (κ2) is 4.51. The number of fused-ring (bicyclic) bond motifs is 1. The molecule has 2 aromatic rings.